The van der Waals surface area contributed by atoms with Gasteiger partial charge in [0.15, 0.2) is 5.79 Å². The maximum Gasteiger partial charge on any atom is 0.172 e. The summed E-state index contributed by atoms with van der Waals surface area (Å²) in [5.74, 6) is -0.411. The van der Waals surface area contributed by atoms with E-state index in [1.165, 1.54) is 11.1 Å². The summed E-state index contributed by atoms with van der Waals surface area (Å²) >= 11 is 0. The Morgan fingerprint density at radius 3 is 2.61 bits per heavy atom. The Bertz CT molecular complexity index is 580. The minimum atomic E-state index is -0.411. The van der Waals surface area contributed by atoms with Gasteiger partial charge in [0.1, 0.15) is 0 Å². The van der Waals surface area contributed by atoms with Crippen molar-refractivity contribution < 1.29 is 14.6 Å². The van der Waals surface area contributed by atoms with Crippen LogP contribution in [-0.4, -0.2) is 48.7 Å². The van der Waals surface area contributed by atoms with E-state index in [9.17, 15) is 5.11 Å². The van der Waals surface area contributed by atoms with Crippen molar-refractivity contribution >= 4 is 0 Å². The van der Waals surface area contributed by atoms with Gasteiger partial charge in [-0.25, -0.2) is 0 Å². The first-order valence-electron chi connectivity index (χ1n) is 8.58. The van der Waals surface area contributed by atoms with Gasteiger partial charge in [0, 0.05) is 37.9 Å². The first-order chi connectivity index (χ1) is 11.2. The van der Waals surface area contributed by atoms with Gasteiger partial charge < -0.3 is 14.6 Å². The number of benzene rings is 1. The molecule has 1 aromatic rings. The number of ether oxygens (including phenoxy) is 2. The summed E-state index contributed by atoms with van der Waals surface area (Å²) in [6, 6.07) is 10.6. The molecule has 4 nitrogen and oxygen atoms in total. The number of hydrogen-bond acceptors (Lipinski definition) is 4. The summed E-state index contributed by atoms with van der Waals surface area (Å²) in [4.78, 5) is 2.43. The lowest BCUT2D eigenvalue weighted by molar-refractivity contribution is -0.181. The highest BCUT2D eigenvalue weighted by Crippen LogP contribution is 2.49. The molecule has 4 heteroatoms. The standard InChI is InChI=1S/C19H25NO3/c21-15-18-7-8-19(22-10-11-23-19)12-17(18)6-9-20(14-18)13-16-4-2-1-3-5-16/h1-6,21H,7-15H2/t18-/m0/s1. The SMILES string of the molecule is OC[C@@]12CCC3(CC1=CCN(Cc1ccccc1)C2)OCCO3. The molecule has 1 saturated heterocycles. The summed E-state index contributed by atoms with van der Waals surface area (Å²) in [6.07, 6.45) is 4.92. The van der Waals surface area contributed by atoms with Crippen LogP contribution in [0, 0.1) is 5.41 Å². The van der Waals surface area contributed by atoms with Gasteiger partial charge in [-0.15, -0.1) is 0 Å². The van der Waals surface area contributed by atoms with Crippen molar-refractivity contribution in [3.05, 3.63) is 47.5 Å². The smallest absolute Gasteiger partial charge is 0.172 e. The molecule has 1 saturated carbocycles. The highest BCUT2D eigenvalue weighted by atomic mass is 16.7. The molecule has 2 aliphatic heterocycles. The molecular formula is C19H25NO3. The van der Waals surface area contributed by atoms with E-state index >= 15 is 0 Å². The lowest BCUT2D eigenvalue weighted by Crippen LogP contribution is -2.51. The zero-order valence-electron chi connectivity index (χ0n) is 13.5. The van der Waals surface area contributed by atoms with Gasteiger partial charge in [-0.05, 0) is 12.0 Å². The second-order valence-electron chi connectivity index (χ2n) is 7.11. The molecule has 0 amide bonds. The van der Waals surface area contributed by atoms with E-state index < -0.39 is 5.79 Å². The maximum absolute atomic E-state index is 10.1. The number of fused-ring (bicyclic) bond motifs is 1. The topological polar surface area (TPSA) is 41.9 Å². The number of hydrogen-bond donors (Lipinski definition) is 1. The Kier molecular flexibility index (Phi) is 4.01. The fourth-order valence-corrected chi connectivity index (χ4v) is 4.29. The highest BCUT2D eigenvalue weighted by Gasteiger charge is 2.50. The van der Waals surface area contributed by atoms with E-state index in [2.05, 4.69) is 41.3 Å². The quantitative estimate of drug-likeness (QED) is 0.869. The Balaban J connectivity index is 1.52. The molecule has 1 aliphatic carbocycles. The molecular weight excluding hydrogens is 290 g/mol. The monoisotopic (exact) mass is 315 g/mol. The minimum Gasteiger partial charge on any atom is -0.395 e. The largest absolute Gasteiger partial charge is 0.395 e. The summed E-state index contributed by atoms with van der Waals surface area (Å²) in [7, 11) is 0. The third kappa shape index (κ3) is 2.85. The molecule has 2 heterocycles. The third-order valence-electron chi connectivity index (χ3n) is 5.61. The van der Waals surface area contributed by atoms with E-state index in [1.807, 2.05) is 0 Å². The second-order valence-corrected chi connectivity index (χ2v) is 7.11. The summed E-state index contributed by atoms with van der Waals surface area (Å²) in [6.45, 7) is 4.38. The number of nitrogens with zero attached hydrogens (tertiary/aromatic N) is 1. The van der Waals surface area contributed by atoms with Gasteiger partial charge in [0.25, 0.3) is 0 Å². The van der Waals surface area contributed by atoms with Crippen molar-refractivity contribution in [2.45, 2.75) is 31.6 Å². The molecule has 1 aromatic carbocycles. The van der Waals surface area contributed by atoms with Gasteiger partial charge in [-0.1, -0.05) is 42.0 Å². The normalized spacial score (nSPS) is 30.2. The number of aliphatic hydroxyl groups excluding tert-OH is 1. The molecule has 124 valence electrons. The number of rotatable bonds is 3. The molecule has 1 N–H and O–H groups in total. The molecule has 0 bridgehead atoms. The summed E-state index contributed by atoms with van der Waals surface area (Å²) in [5, 5.41) is 10.1. The summed E-state index contributed by atoms with van der Waals surface area (Å²) < 4.78 is 11.8. The van der Waals surface area contributed by atoms with Crippen LogP contribution >= 0.6 is 0 Å². The molecule has 23 heavy (non-hydrogen) atoms. The molecule has 1 atom stereocenters. The van der Waals surface area contributed by atoms with E-state index in [4.69, 9.17) is 9.47 Å². The molecule has 0 radical (unpaired) electrons. The fourth-order valence-electron chi connectivity index (χ4n) is 4.29. The van der Waals surface area contributed by atoms with Crippen molar-refractivity contribution in [2.24, 2.45) is 5.41 Å². The van der Waals surface area contributed by atoms with Crippen LogP contribution < -0.4 is 0 Å². The van der Waals surface area contributed by atoms with Crippen molar-refractivity contribution in [1.82, 2.24) is 4.90 Å². The van der Waals surface area contributed by atoms with Gasteiger partial charge in [0.2, 0.25) is 0 Å². The molecule has 2 fully saturated rings. The van der Waals surface area contributed by atoms with Crippen LogP contribution in [0.3, 0.4) is 0 Å². The Morgan fingerprint density at radius 2 is 1.87 bits per heavy atom. The predicted octanol–water partition coefficient (Wildman–Crippen LogP) is 2.33. The molecule has 4 rings (SSSR count). The highest BCUT2D eigenvalue weighted by molar-refractivity contribution is 5.25. The lowest BCUT2D eigenvalue weighted by Gasteiger charge is -2.49. The first-order valence-corrected chi connectivity index (χ1v) is 8.58. The van der Waals surface area contributed by atoms with E-state index in [-0.39, 0.29) is 12.0 Å². The van der Waals surface area contributed by atoms with Crippen LogP contribution in [0.1, 0.15) is 24.8 Å². The van der Waals surface area contributed by atoms with E-state index in [1.54, 1.807) is 0 Å². The fraction of sp³-hybridized carbons (Fsp3) is 0.579. The molecule has 0 aromatic heterocycles. The first kappa shape index (κ1) is 15.3. The van der Waals surface area contributed by atoms with E-state index in [0.29, 0.717) is 13.2 Å². The van der Waals surface area contributed by atoms with Crippen molar-refractivity contribution in [3.63, 3.8) is 0 Å². The van der Waals surface area contributed by atoms with Gasteiger partial charge in [-0.3, -0.25) is 4.90 Å². The van der Waals surface area contributed by atoms with Crippen molar-refractivity contribution in [2.75, 3.05) is 32.9 Å². The van der Waals surface area contributed by atoms with E-state index in [0.717, 1.165) is 38.9 Å². The maximum atomic E-state index is 10.1. The van der Waals surface area contributed by atoms with Crippen molar-refractivity contribution in [1.29, 1.82) is 0 Å². The van der Waals surface area contributed by atoms with Gasteiger partial charge in [-0.2, -0.15) is 0 Å². The minimum absolute atomic E-state index is 0.117. The Hall–Kier alpha value is -1.20. The zero-order chi connectivity index (χ0) is 15.8. The zero-order valence-corrected chi connectivity index (χ0v) is 13.5. The summed E-state index contributed by atoms with van der Waals surface area (Å²) in [5.41, 5.74) is 2.54. The molecule has 0 unspecified atom stereocenters. The molecule has 3 aliphatic rings. The Morgan fingerprint density at radius 1 is 1.09 bits per heavy atom. The lowest BCUT2D eigenvalue weighted by atomic mass is 9.67. The number of aliphatic hydroxyl groups is 1. The average molecular weight is 315 g/mol. The average Bonchev–Trinajstić information content (AvgIpc) is 3.04. The van der Waals surface area contributed by atoms with Crippen LogP contribution in [-0.2, 0) is 16.0 Å². The van der Waals surface area contributed by atoms with Crippen LogP contribution in [0.25, 0.3) is 0 Å². The molecule has 1 spiro atoms. The van der Waals surface area contributed by atoms with Gasteiger partial charge >= 0.3 is 0 Å². The van der Waals surface area contributed by atoms with Crippen molar-refractivity contribution in [3.8, 4) is 0 Å². The van der Waals surface area contributed by atoms with Crippen LogP contribution in [0.5, 0.6) is 0 Å². The van der Waals surface area contributed by atoms with Crippen LogP contribution in [0.4, 0.5) is 0 Å². The Labute approximate surface area is 137 Å². The predicted molar refractivity (Wildman–Crippen MR) is 87.8 cm³/mol. The van der Waals surface area contributed by atoms with Gasteiger partial charge in [0.05, 0.1) is 19.8 Å². The van der Waals surface area contributed by atoms with Crippen LogP contribution in [0.15, 0.2) is 42.0 Å². The van der Waals surface area contributed by atoms with Crippen LogP contribution in [0.2, 0.25) is 0 Å². The second kappa shape index (κ2) is 6.02. The third-order valence-corrected chi connectivity index (χ3v) is 5.61.